The van der Waals surface area contributed by atoms with E-state index in [2.05, 4.69) is 16.3 Å². The fourth-order valence-corrected chi connectivity index (χ4v) is 3.07. The highest BCUT2D eigenvalue weighted by Gasteiger charge is 2.36. The van der Waals surface area contributed by atoms with Crippen molar-refractivity contribution in [3.05, 3.63) is 46.5 Å². The van der Waals surface area contributed by atoms with E-state index in [1.807, 2.05) is 32.0 Å². The highest BCUT2D eigenvalue weighted by atomic mass is 16.5. The molecule has 1 aromatic carbocycles. The maximum absolute atomic E-state index is 9.66. The predicted octanol–water partition coefficient (Wildman–Crippen LogP) is 2.77. The molecule has 0 bridgehead atoms. The van der Waals surface area contributed by atoms with Gasteiger partial charge < -0.3 is 19.9 Å². The first-order valence-electron chi connectivity index (χ1n) is 7.89. The molecule has 0 saturated carbocycles. The molecule has 25 heavy (non-hydrogen) atoms. The maximum Gasteiger partial charge on any atom is 0.244 e. The van der Waals surface area contributed by atoms with Crippen molar-refractivity contribution >= 4 is 0 Å². The Hall–Kier alpha value is -3.14. The van der Waals surface area contributed by atoms with Crippen LogP contribution in [-0.4, -0.2) is 24.4 Å². The number of nitrogens with two attached hydrogens (primary N) is 1. The zero-order valence-electron chi connectivity index (χ0n) is 14.6. The van der Waals surface area contributed by atoms with Crippen LogP contribution in [0.1, 0.15) is 42.5 Å². The second-order valence-electron chi connectivity index (χ2n) is 6.05. The second kappa shape index (κ2) is 6.40. The Bertz CT molecular complexity index is 877. The third-order valence-corrected chi connectivity index (χ3v) is 4.29. The molecule has 0 radical (unpaired) electrons. The van der Waals surface area contributed by atoms with Gasteiger partial charge in [-0.15, -0.1) is 5.10 Å². The van der Waals surface area contributed by atoms with E-state index >= 15 is 0 Å². The van der Waals surface area contributed by atoms with E-state index in [9.17, 15) is 5.26 Å². The van der Waals surface area contributed by atoms with Gasteiger partial charge in [-0.3, -0.25) is 5.10 Å². The van der Waals surface area contributed by atoms with Crippen molar-refractivity contribution in [1.29, 1.82) is 5.26 Å². The molecule has 3 rings (SSSR count). The minimum atomic E-state index is -0.385. The first-order chi connectivity index (χ1) is 12.0. The van der Waals surface area contributed by atoms with Crippen LogP contribution in [0.2, 0.25) is 0 Å². The van der Waals surface area contributed by atoms with E-state index < -0.39 is 0 Å². The van der Waals surface area contributed by atoms with Crippen molar-refractivity contribution in [2.24, 2.45) is 5.73 Å². The number of nitriles is 1. The minimum Gasteiger partial charge on any atom is -0.493 e. The lowest BCUT2D eigenvalue weighted by molar-refractivity contribution is 0.354. The van der Waals surface area contributed by atoms with Gasteiger partial charge in [0.2, 0.25) is 11.8 Å². The van der Waals surface area contributed by atoms with Crippen LogP contribution in [0.4, 0.5) is 0 Å². The van der Waals surface area contributed by atoms with Crippen molar-refractivity contribution in [2.75, 3.05) is 14.2 Å². The van der Waals surface area contributed by atoms with Gasteiger partial charge in [-0.1, -0.05) is 19.9 Å². The normalized spacial score (nSPS) is 16.2. The molecule has 3 N–H and O–H groups in total. The van der Waals surface area contributed by atoms with Crippen LogP contribution in [0.15, 0.2) is 29.7 Å². The van der Waals surface area contributed by atoms with Crippen molar-refractivity contribution in [3.63, 3.8) is 0 Å². The highest BCUT2D eigenvalue weighted by molar-refractivity contribution is 5.57. The van der Waals surface area contributed by atoms with Crippen LogP contribution in [0.5, 0.6) is 17.4 Å². The van der Waals surface area contributed by atoms with Crippen molar-refractivity contribution in [3.8, 4) is 23.4 Å². The third-order valence-electron chi connectivity index (χ3n) is 4.29. The molecule has 1 aliphatic rings. The number of benzene rings is 1. The molecule has 1 aliphatic heterocycles. The van der Waals surface area contributed by atoms with Crippen LogP contribution >= 0.6 is 0 Å². The van der Waals surface area contributed by atoms with Crippen LogP contribution in [0.25, 0.3) is 0 Å². The number of aromatic nitrogens is 2. The number of fused-ring (bicyclic) bond motifs is 1. The van der Waals surface area contributed by atoms with Crippen LogP contribution in [-0.2, 0) is 0 Å². The third kappa shape index (κ3) is 2.66. The summed E-state index contributed by atoms with van der Waals surface area (Å²) in [5, 5.41) is 16.9. The van der Waals surface area contributed by atoms with Gasteiger partial charge in [0.25, 0.3) is 0 Å². The Morgan fingerprint density at radius 1 is 1.28 bits per heavy atom. The maximum atomic E-state index is 9.66. The number of methoxy groups -OCH3 is 2. The Kier molecular flexibility index (Phi) is 4.28. The molecular weight excluding hydrogens is 320 g/mol. The van der Waals surface area contributed by atoms with E-state index in [1.165, 1.54) is 0 Å². The summed E-state index contributed by atoms with van der Waals surface area (Å²) in [6.07, 6.45) is 0. The standard InChI is InChI=1S/C18H20N4O3/c1-9(2)16-15-14(10-5-6-12(23-3)13(7-10)24-4)11(8-19)17(20)25-18(15)22-21-16/h5-7,9,14H,20H2,1-4H3,(H,21,22)/t14-/m0/s1. The van der Waals surface area contributed by atoms with Crippen LogP contribution in [0, 0.1) is 11.3 Å². The number of nitrogens with zero attached hydrogens (tertiary/aromatic N) is 2. The summed E-state index contributed by atoms with van der Waals surface area (Å²) in [6, 6.07) is 7.73. The lowest BCUT2D eigenvalue weighted by atomic mass is 9.82. The minimum absolute atomic E-state index is 0.0663. The van der Waals surface area contributed by atoms with Gasteiger partial charge in [-0.25, -0.2) is 0 Å². The zero-order valence-corrected chi connectivity index (χ0v) is 14.6. The monoisotopic (exact) mass is 340 g/mol. The predicted molar refractivity (Wildman–Crippen MR) is 91.5 cm³/mol. The number of ether oxygens (including phenoxy) is 3. The Balaban J connectivity index is 2.23. The SMILES string of the molecule is COc1ccc([C@H]2C(C#N)=C(N)Oc3n[nH]c(C(C)C)c32)cc1OC. The molecule has 0 unspecified atom stereocenters. The number of rotatable bonds is 4. The first kappa shape index (κ1) is 16.7. The summed E-state index contributed by atoms with van der Waals surface area (Å²) >= 11 is 0. The van der Waals surface area contributed by atoms with Gasteiger partial charge in [0, 0.05) is 5.69 Å². The fraction of sp³-hybridized carbons (Fsp3) is 0.333. The summed E-state index contributed by atoms with van der Waals surface area (Å²) in [4.78, 5) is 0. The largest absolute Gasteiger partial charge is 0.493 e. The average Bonchev–Trinajstić information content (AvgIpc) is 3.03. The molecule has 2 aromatic rings. The molecule has 130 valence electrons. The molecule has 2 heterocycles. The van der Waals surface area contributed by atoms with Gasteiger partial charge in [0.1, 0.15) is 11.6 Å². The van der Waals surface area contributed by atoms with Gasteiger partial charge >= 0.3 is 0 Å². The second-order valence-corrected chi connectivity index (χ2v) is 6.05. The van der Waals surface area contributed by atoms with Crippen LogP contribution in [0.3, 0.4) is 0 Å². The topological polar surface area (TPSA) is 106 Å². The van der Waals surface area contributed by atoms with Crippen molar-refractivity contribution in [1.82, 2.24) is 10.2 Å². The Morgan fingerprint density at radius 3 is 2.60 bits per heavy atom. The molecular formula is C18H20N4O3. The van der Waals surface area contributed by atoms with E-state index in [-0.39, 0.29) is 17.7 Å². The molecule has 7 nitrogen and oxygen atoms in total. The van der Waals surface area contributed by atoms with E-state index in [4.69, 9.17) is 19.9 Å². The number of allylic oxidation sites excluding steroid dienone is 1. The number of aromatic amines is 1. The molecule has 1 aromatic heterocycles. The van der Waals surface area contributed by atoms with Gasteiger partial charge in [-0.05, 0) is 23.6 Å². The van der Waals surface area contributed by atoms with E-state index in [0.29, 0.717) is 23.0 Å². The van der Waals surface area contributed by atoms with E-state index in [0.717, 1.165) is 16.8 Å². The number of nitrogens with one attached hydrogen (secondary N) is 1. The molecule has 0 aliphatic carbocycles. The molecule has 0 amide bonds. The molecule has 1 atom stereocenters. The molecule has 0 spiro atoms. The summed E-state index contributed by atoms with van der Waals surface area (Å²) < 4.78 is 16.3. The number of hydrogen-bond donors (Lipinski definition) is 2. The van der Waals surface area contributed by atoms with Gasteiger partial charge in [0.15, 0.2) is 11.5 Å². The molecule has 7 heteroatoms. The first-order valence-corrected chi connectivity index (χ1v) is 7.89. The highest BCUT2D eigenvalue weighted by Crippen LogP contribution is 2.45. The summed E-state index contributed by atoms with van der Waals surface area (Å²) in [5.41, 5.74) is 8.91. The smallest absolute Gasteiger partial charge is 0.244 e. The van der Waals surface area contributed by atoms with Gasteiger partial charge in [0.05, 0.1) is 25.7 Å². The van der Waals surface area contributed by atoms with Crippen molar-refractivity contribution < 1.29 is 14.2 Å². The van der Waals surface area contributed by atoms with Crippen LogP contribution < -0.4 is 19.9 Å². The Morgan fingerprint density at radius 2 is 2.00 bits per heavy atom. The zero-order chi connectivity index (χ0) is 18.1. The van der Waals surface area contributed by atoms with Gasteiger partial charge in [-0.2, -0.15) is 5.26 Å². The van der Waals surface area contributed by atoms with E-state index in [1.54, 1.807) is 14.2 Å². The fourth-order valence-electron chi connectivity index (χ4n) is 3.07. The molecule has 0 fully saturated rings. The average molecular weight is 340 g/mol. The number of H-pyrrole nitrogens is 1. The summed E-state index contributed by atoms with van der Waals surface area (Å²) in [6.45, 7) is 4.10. The quantitative estimate of drug-likeness (QED) is 0.886. The summed E-state index contributed by atoms with van der Waals surface area (Å²) in [7, 11) is 3.15. The summed E-state index contributed by atoms with van der Waals surface area (Å²) in [5.74, 6) is 1.46. The Labute approximate surface area is 146 Å². The lowest BCUT2D eigenvalue weighted by Crippen LogP contribution is -2.21. The molecule has 0 saturated heterocycles. The lowest BCUT2D eigenvalue weighted by Gasteiger charge is -2.25. The number of hydrogen-bond acceptors (Lipinski definition) is 6. The van der Waals surface area contributed by atoms with Crippen molar-refractivity contribution in [2.45, 2.75) is 25.7 Å².